The highest BCUT2D eigenvalue weighted by Crippen LogP contribution is 2.40. The third-order valence-corrected chi connectivity index (χ3v) is 7.29. The van der Waals surface area contributed by atoms with Crippen LogP contribution in [0.4, 0.5) is 0 Å². The van der Waals surface area contributed by atoms with E-state index in [-0.39, 0.29) is 10.4 Å². The SMILES string of the molecule is COc1cc(C=C(C(=O)C2SCCCS2)c2ccccc2)cc(OC)c1OC. The number of benzene rings is 2. The molecular formula is C22H24O4S2. The summed E-state index contributed by atoms with van der Waals surface area (Å²) in [6.07, 6.45) is 3.06. The van der Waals surface area contributed by atoms with E-state index < -0.39 is 0 Å². The maximum Gasteiger partial charge on any atom is 0.203 e. The standard InChI is InChI=1S/C22H24O4S2/c1-24-18-13-15(14-19(25-2)21(18)26-3)12-17(16-8-5-4-6-9-16)20(23)22-27-10-7-11-28-22/h4-6,8-9,12-14,22H,7,10-11H2,1-3H3. The van der Waals surface area contributed by atoms with Gasteiger partial charge in [-0.05, 0) is 47.3 Å². The number of carbonyl (C=O) groups excluding carboxylic acids is 1. The molecule has 0 saturated carbocycles. The van der Waals surface area contributed by atoms with Crippen LogP contribution in [0.2, 0.25) is 0 Å². The lowest BCUT2D eigenvalue weighted by Crippen LogP contribution is -2.19. The maximum atomic E-state index is 13.3. The molecule has 1 fully saturated rings. The molecular weight excluding hydrogens is 392 g/mol. The van der Waals surface area contributed by atoms with Crippen LogP contribution in [0.15, 0.2) is 42.5 Å². The third-order valence-electron chi connectivity index (χ3n) is 4.39. The lowest BCUT2D eigenvalue weighted by atomic mass is 9.99. The molecule has 0 spiro atoms. The fourth-order valence-electron chi connectivity index (χ4n) is 3.03. The van der Waals surface area contributed by atoms with E-state index in [0.29, 0.717) is 22.8 Å². The number of allylic oxidation sites excluding steroid dienone is 1. The smallest absolute Gasteiger partial charge is 0.203 e. The maximum absolute atomic E-state index is 13.3. The van der Waals surface area contributed by atoms with Crippen LogP contribution in [0.5, 0.6) is 17.2 Å². The third kappa shape index (κ3) is 4.67. The van der Waals surface area contributed by atoms with Crippen LogP contribution in [0.3, 0.4) is 0 Å². The van der Waals surface area contributed by atoms with Gasteiger partial charge < -0.3 is 14.2 Å². The monoisotopic (exact) mass is 416 g/mol. The molecule has 0 bridgehead atoms. The summed E-state index contributed by atoms with van der Waals surface area (Å²) in [5.41, 5.74) is 2.43. The zero-order chi connectivity index (χ0) is 19.9. The Kier molecular flexibility index (Phi) is 7.34. The fourth-order valence-corrected chi connectivity index (χ4v) is 5.78. The second kappa shape index (κ2) is 9.94. The van der Waals surface area contributed by atoms with Gasteiger partial charge in [-0.2, -0.15) is 0 Å². The average Bonchev–Trinajstić information content (AvgIpc) is 2.77. The average molecular weight is 417 g/mol. The summed E-state index contributed by atoms with van der Waals surface area (Å²) in [5.74, 6) is 3.86. The molecule has 28 heavy (non-hydrogen) atoms. The topological polar surface area (TPSA) is 44.8 Å². The van der Waals surface area contributed by atoms with Crippen molar-refractivity contribution in [3.05, 3.63) is 53.6 Å². The van der Waals surface area contributed by atoms with Crippen LogP contribution in [0, 0.1) is 0 Å². The molecule has 1 heterocycles. The Morgan fingerprint density at radius 3 is 2.11 bits per heavy atom. The second-order valence-corrected chi connectivity index (χ2v) is 8.90. The first-order chi connectivity index (χ1) is 13.7. The Balaban J connectivity index is 2.07. The Labute approximate surface area is 174 Å². The normalized spacial score (nSPS) is 15.2. The van der Waals surface area contributed by atoms with Crippen molar-refractivity contribution in [2.45, 2.75) is 11.0 Å². The molecule has 1 aliphatic rings. The number of Topliss-reactive ketones (excluding diaryl/α,β-unsaturated/α-hetero) is 1. The van der Waals surface area contributed by atoms with Crippen molar-refractivity contribution in [1.29, 1.82) is 0 Å². The lowest BCUT2D eigenvalue weighted by Gasteiger charge is -2.21. The van der Waals surface area contributed by atoms with Crippen molar-refractivity contribution in [3.63, 3.8) is 0 Å². The first-order valence-electron chi connectivity index (χ1n) is 9.02. The molecule has 3 rings (SSSR count). The number of hydrogen-bond acceptors (Lipinski definition) is 6. The summed E-state index contributed by atoms with van der Waals surface area (Å²) in [4.78, 5) is 13.3. The number of thioether (sulfide) groups is 2. The number of rotatable bonds is 7. The molecule has 0 amide bonds. The van der Waals surface area contributed by atoms with Crippen molar-refractivity contribution in [2.75, 3.05) is 32.8 Å². The summed E-state index contributed by atoms with van der Waals surface area (Å²) < 4.78 is 16.2. The van der Waals surface area contributed by atoms with Crippen molar-refractivity contribution >= 4 is 41.0 Å². The van der Waals surface area contributed by atoms with Crippen LogP contribution >= 0.6 is 23.5 Å². The van der Waals surface area contributed by atoms with Gasteiger partial charge in [0.15, 0.2) is 17.3 Å². The summed E-state index contributed by atoms with van der Waals surface area (Å²) in [6.45, 7) is 0. The largest absolute Gasteiger partial charge is 0.493 e. The molecule has 2 aromatic rings. The summed E-state index contributed by atoms with van der Waals surface area (Å²) in [7, 11) is 4.75. The Morgan fingerprint density at radius 1 is 0.964 bits per heavy atom. The van der Waals surface area contributed by atoms with E-state index in [1.807, 2.05) is 48.5 Å². The van der Waals surface area contributed by atoms with Gasteiger partial charge in [-0.3, -0.25) is 4.79 Å². The van der Waals surface area contributed by atoms with E-state index in [9.17, 15) is 4.79 Å². The van der Waals surface area contributed by atoms with Gasteiger partial charge in [-0.25, -0.2) is 0 Å². The van der Waals surface area contributed by atoms with Crippen molar-refractivity contribution in [1.82, 2.24) is 0 Å². The molecule has 0 unspecified atom stereocenters. The first kappa shape index (κ1) is 20.7. The van der Waals surface area contributed by atoms with Gasteiger partial charge in [0, 0.05) is 5.57 Å². The Bertz CT molecular complexity index is 818. The minimum absolute atomic E-state index is 0.0674. The van der Waals surface area contributed by atoms with Gasteiger partial charge >= 0.3 is 0 Å². The van der Waals surface area contributed by atoms with Crippen LogP contribution in [-0.2, 0) is 4.79 Å². The van der Waals surface area contributed by atoms with Crippen LogP contribution in [0.1, 0.15) is 17.5 Å². The molecule has 0 atom stereocenters. The molecule has 1 saturated heterocycles. The number of ether oxygens (including phenoxy) is 3. The Hall–Kier alpha value is -2.05. The summed E-state index contributed by atoms with van der Waals surface area (Å²) in [6, 6.07) is 13.5. The van der Waals surface area contributed by atoms with Crippen molar-refractivity contribution in [2.24, 2.45) is 0 Å². The summed E-state index contributed by atoms with van der Waals surface area (Å²) in [5, 5.41) is 0. The highest BCUT2D eigenvalue weighted by molar-refractivity contribution is 8.18. The van der Waals surface area contributed by atoms with E-state index in [1.165, 1.54) is 0 Å². The van der Waals surface area contributed by atoms with Crippen molar-refractivity contribution in [3.8, 4) is 17.2 Å². The molecule has 6 heteroatoms. The van der Waals surface area contributed by atoms with E-state index in [4.69, 9.17) is 14.2 Å². The highest BCUT2D eigenvalue weighted by atomic mass is 32.2. The van der Waals surface area contributed by atoms with E-state index in [2.05, 4.69) is 0 Å². The zero-order valence-electron chi connectivity index (χ0n) is 16.3. The molecule has 0 N–H and O–H groups in total. The quantitative estimate of drug-likeness (QED) is 0.467. The summed E-state index contributed by atoms with van der Waals surface area (Å²) >= 11 is 3.46. The second-order valence-electron chi connectivity index (χ2n) is 6.17. The molecule has 2 aromatic carbocycles. The number of hydrogen-bond donors (Lipinski definition) is 0. The molecule has 0 radical (unpaired) electrons. The predicted molar refractivity (Wildman–Crippen MR) is 119 cm³/mol. The van der Waals surface area contributed by atoms with Crippen LogP contribution in [0.25, 0.3) is 11.6 Å². The minimum atomic E-state index is -0.0674. The number of ketones is 1. The van der Waals surface area contributed by atoms with Gasteiger partial charge in [0.05, 0.1) is 21.3 Å². The molecule has 1 aliphatic heterocycles. The Morgan fingerprint density at radius 2 is 1.57 bits per heavy atom. The first-order valence-corrected chi connectivity index (χ1v) is 11.1. The van der Waals surface area contributed by atoms with Gasteiger partial charge in [-0.15, -0.1) is 23.5 Å². The zero-order valence-corrected chi connectivity index (χ0v) is 17.9. The van der Waals surface area contributed by atoms with Gasteiger partial charge in [0.1, 0.15) is 4.58 Å². The molecule has 0 aromatic heterocycles. The highest BCUT2D eigenvalue weighted by Gasteiger charge is 2.26. The van der Waals surface area contributed by atoms with Crippen molar-refractivity contribution < 1.29 is 19.0 Å². The number of methoxy groups -OCH3 is 3. The van der Waals surface area contributed by atoms with Gasteiger partial charge in [0.25, 0.3) is 0 Å². The molecule has 0 aliphatic carbocycles. The van der Waals surface area contributed by atoms with Crippen LogP contribution < -0.4 is 14.2 Å². The minimum Gasteiger partial charge on any atom is -0.493 e. The van der Waals surface area contributed by atoms with E-state index in [1.54, 1.807) is 44.9 Å². The lowest BCUT2D eigenvalue weighted by molar-refractivity contribution is -0.112. The number of carbonyl (C=O) groups is 1. The fraction of sp³-hybridized carbons (Fsp3) is 0.318. The van der Waals surface area contributed by atoms with Gasteiger partial charge in [0.2, 0.25) is 5.75 Å². The van der Waals surface area contributed by atoms with Crippen LogP contribution in [-0.4, -0.2) is 43.2 Å². The van der Waals surface area contributed by atoms with Gasteiger partial charge in [-0.1, -0.05) is 30.3 Å². The predicted octanol–water partition coefficient (Wildman–Crippen LogP) is 5.02. The van der Waals surface area contributed by atoms with E-state index in [0.717, 1.165) is 29.1 Å². The molecule has 4 nitrogen and oxygen atoms in total. The molecule has 148 valence electrons. The van der Waals surface area contributed by atoms with E-state index >= 15 is 0 Å².